The summed E-state index contributed by atoms with van der Waals surface area (Å²) in [7, 11) is 1.95. The maximum Gasteiger partial charge on any atom is 0.0809 e. The predicted octanol–water partition coefficient (Wildman–Crippen LogP) is 5.11. The quantitative estimate of drug-likeness (QED) is 0.716. The Bertz CT molecular complexity index is 770. The first-order valence-corrected chi connectivity index (χ1v) is 8.25. The summed E-state index contributed by atoms with van der Waals surface area (Å²) in [6, 6.07) is 10.0. The fourth-order valence-corrected chi connectivity index (χ4v) is 3.62. The van der Waals surface area contributed by atoms with Crippen LogP contribution in [0.1, 0.15) is 17.2 Å². The van der Waals surface area contributed by atoms with Gasteiger partial charge in [-0.05, 0) is 54.2 Å². The zero-order valence-electron chi connectivity index (χ0n) is 11.4. The van der Waals surface area contributed by atoms with E-state index in [2.05, 4.69) is 21.7 Å². The third-order valence-corrected chi connectivity index (χ3v) is 4.95. The Morgan fingerprint density at radius 1 is 1.24 bits per heavy atom. The van der Waals surface area contributed by atoms with Gasteiger partial charge in [0, 0.05) is 22.3 Å². The molecule has 0 amide bonds. The van der Waals surface area contributed by atoms with E-state index < -0.39 is 0 Å². The summed E-state index contributed by atoms with van der Waals surface area (Å²) in [4.78, 5) is 4.50. The lowest BCUT2D eigenvalue weighted by molar-refractivity contribution is 0.591. The molecule has 0 saturated heterocycles. The summed E-state index contributed by atoms with van der Waals surface area (Å²) in [6.45, 7) is 0. The van der Waals surface area contributed by atoms with Crippen LogP contribution in [0.3, 0.4) is 0 Å². The van der Waals surface area contributed by atoms with Gasteiger partial charge in [0.2, 0.25) is 0 Å². The standard InChI is InChI=1S/C16H14Cl2N2S/c1-19-15(6-10-2-3-12(17)8-13(10)18)11-7-16-14(20-9-11)4-5-21-16/h2-5,7-9,15,19H,6H2,1H3. The molecule has 3 rings (SSSR count). The minimum absolute atomic E-state index is 0.169. The van der Waals surface area contributed by atoms with Crippen molar-refractivity contribution < 1.29 is 0 Å². The van der Waals surface area contributed by atoms with Gasteiger partial charge < -0.3 is 5.32 Å². The lowest BCUT2D eigenvalue weighted by Crippen LogP contribution is -2.19. The molecule has 5 heteroatoms. The Morgan fingerprint density at radius 3 is 2.86 bits per heavy atom. The van der Waals surface area contributed by atoms with Crippen LogP contribution >= 0.6 is 34.5 Å². The van der Waals surface area contributed by atoms with E-state index in [0.29, 0.717) is 10.0 Å². The summed E-state index contributed by atoms with van der Waals surface area (Å²) in [6.07, 6.45) is 2.73. The van der Waals surface area contributed by atoms with E-state index in [1.54, 1.807) is 17.4 Å². The van der Waals surface area contributed by atoms with Crippen LogP contribution in [0.25, 0.3) is 10.2 Å². The van der Waals surface area contributed by atoms with Gasteiger partial charge in [0.15, 0.2) is 0 Å². The molecule has 2 heterocycles. The van der Waals surface area contributed by atoms with Gasteiger partial charge >= 0.3 is 0 Å². The molecule has 3 aromatic rings. The van der Waals surface area contributed by atoms with E-state index >= 15 is 0 Å². The van der Waals surface area contributed by atoms with Crippen LogP contribution in [-0.4, -0.2) is 12.0 Å². The van der Waals surface area contributed by atoms with Crippen molar-refractivity contribution in [2.24, 2.45) is 0 Å². The molecule has 21 heavy (non-hydrogen) atoms. The highest BCUT2D eigenvalue weighted by molar-refractivity contribution is 7.17. The summed E-state index contributed by atoms with van der Waals surface area (Å²) < 4.78 is 1.20. The molecule has 0 aliphatic rings. The van der Waals surface area contributed by atoms with E-state index in [0.717, 1.165) is 17.5 Å². The largest absolute Gasteiger partial charge is 0.313 e. The Hall–Kier alpha value is -1.13. The van der Waals surface area contributed by atoms with E-state index in [1.165, 1.54) is 10.3 Å². The number of rotatable bonds is 4. The zero-order valence-corrected chi connectivity index (χ0v) is 13.8. The normalized spacial score (nSPS) is 12.7. The van der Waals surface area contributed by atoms with Gasteiger partial charge in [-0.2, -0.15) is 0 Å². The van der Waals surface area contributed by atoms with Crippen molar-refractivity contribution in [2.75, 3.05) is 7.05 Å². The first kappa shape index (κ1) is 14.8. The monoisotopic (exact) mass is 336 g/mol. The number of halogens is 2. The smallest absolute Gasteiger partial charge is 0.0809 e. The number of nitrogens with one attached hydrogen (secondary N) is 1. The van der Waals surface area contributed by atoms with Crippen molar-refractivity contribution in [1.82, 2.24) is 10.3 Å². The topological polar surface area (TPSA) is 24.9 Å². The molecule has 0 radical (unpaired) electrons. The molecule has 0 spiro atoms. The zero-order chi connectivity index (χ0) is 14.8. The van der Waals surface area contributed by atoms with Crippen molar-refractivity contribution in [3.63, 3.8) is 0 Å². The van der Waals surface area contributed by atoms with Gasteiger partial charge in [-0.15, -0.1) is 11.3 Å². The van der Waals surface area contributed by atoms with Crippen molar-refractivity contribution in [2.45, 2.75) is 12.5 Å². The fraction of sp³-hybridized carbons (Fsp3) is 0.188. The molecule has 0 aliphatic carbocycles. The highest BCUT2D eigenvalue weighted by Crippen LogP contribution is 2.28. The number of aromatic nitrogens is 1. The molecule has 108 valence electrons. The summed E-state index contributed by atoms with van der Waals surface area (Å²) in [5.41, 5.74) is 3.29. The SMILES string of the molecule is CNC(Cc1ccc(Cl)cc1Cl)c1cnc2ccsc2c1. The summed E-state index contributed by atoms with van der Waals surface area (Å²) in [5, 5.41) is 6.76. The van der Waals surface area contributed by atoms with Crippen LogP contribution in [0.4, 0.5) is 0 Å². The van der Waals surface area contributed by atoms with Crippen LogP contribution < -0.4 is 5.32 Å². The van der Waals surface area contributed by atoms with E-state index in [-0.39, 0.29) is 6.04 Å². The number of nitrogens with zero attached hydrogens (tertiary/aromatic N) is 1. The van der Waals surface area contributed by atoms with Crippen molar-refractivity contribution in [1.29, 1.82) is 0 Å². The molecule has 0 saturated carbocycles. The fourth-order valence-electron chi connectivity index (χ4n) is 2.35. The number of benzene rings is 1. The second kappa shape index (κ2) is 6.32. The molecule has 0 bridgehead atoms. The highest BCUT2D eigenvalue weighted by atomic mass is 35.5. The Balaban J connectivity index is 1.90. The number of hydrogen-bond acceptors (Lipinski definition) is 3. The number of hydrogen-bond donors (Lipinski definition) is 1. The van der Waals surface area contributed by atoms with Crippen molar-refractivity contribution in [3.8, 4) is 0 Å². The van der Waals surface area contributed by atoms with Crippen LogP contribution in [0.5, 0.6) is 0 Å². The predicted molar refractivity (Wildman–Crippen MR) is 91.6 cm³/mol. The average molecular weight is 337 g/mol. The third-order valence-electron chi connectivity index (χ3n) is 3.51. The van der Waals surface area contributed by atoms with E-state index in [9.17, 15) is 0 Å². The first-order chi connectivity index (χ1) is 10.2. The van der Waals surface area contributed by atoms with Crippen molar-refractivity contribution in [3.05, 3.63) is 63.1 Å². The van der Waals surface area contributed by atoms with Crippen LogP contribution in [-0.2, 0) is 6.42 Å². The van der Waals surface area contributed by atoms with Gasteiger partial charge in [0.1, 0.15) is 0 Å². The maximum absolute atomic E-state index is 6.27. The summed E-state index contributed by atoms with van der Waals surface area (Å²) >= 11 is 13.9. The minimum Gasteiger partial charge on any atom is -0.313 e. The van der Waals surface area contributed by atoms with Crippen molar-refractivity contribution >= 4 is 44.8 Å². The minimum atomic E-state index is 0.169. The second-order valence-corrected chi connectivity index (χ2v) is 6.65. The summed E-state index contributed by atoms with van der Waals surface area (Å²) in [5.74, 6) is 0. The van der Waals surface area contributed by atoms with Gasteiger partial charge in [0.05, 0.1) is 10.2 Å². The molecular formula is C16H14Cl2N2S. The Morgan fingerprint density at radius 2 is 2.10 bits per heavy atom. The molecule has 1 aromatic carbocycles. The lowest BCUT2D eigenvalue weighted by Gasteiger charge is -2.17. The highest BCUT2D eigenvalue weighted by Gasteiger charge is 2.14. The number of likely N-dealkylation sites (N-methyl/N-ethyl adjacent to an activating group) is 1. The van der Waals surface area contributed by atoms with Crippen LogP contribution in [0.2, 0.25) is 10.0 Å². The van der Waals surface area contributed by atoms with E-state index in [1.807, 2.05) is 31.4 Å². The maximum atomic E-state index is 6.27. The number of thiophene rings is 1. The molecule has 2 aromatic heterocycles. The first-order valence-electron chi connectivity index (χ1n) is 6.61. The van der Waals surface area contributed by atoms with Gasteiger partial charge in [-0.1, -0.05) is 29.3 Å². The molecule has 1 N–H and O–H groups in total. The Labute approximate surface area is 137 Å². The third kappa shape index (κ3) is 3.22. The second-order valence-electron chi connectivity index (χ2n) is 4.85. The van der Waals surface area contributed by atoms with E-state index in [4.69, 9.17) is 23.2 Å². The van der Waals surface area contributed by atoms with Gasteiger partial charge in [0.25, 0.3) is 0 Å². The average Bonchev–Trinajstić information content (AvgIpc) is 2.94. The Kier molecular flexibility index (Phi) is 4.45. The van der Waals surface area contributed by atoms with Crippen LogP contribution in [0.15, 0.2) is 41.9 Å². The molecular weight excluding hydrogens is 323 g/mol. The molecule has 1 unspecified atom stereocenters. The molecule has 0 fully saturated rings. The number of pyridine rings is 1. The van der Waals surface area contributed by atoms with Gasteiger partial charge in [-0.3, -0.25) is 4.98 Å². The van der Waals surface area contributed by atoms with Crippen LogP contribution in [0, 0.1) is 0 Å². The molecule has 2 nitrogen and oxygen atoms in total. The number of fused-ring (bicyclic) bond motifs is 1. The van der Waals surface area contributed by atoms with Gasteiger partial charge in [-0.25, -0.2) is 0 Å². The molecule has 0 aliphatic heterocycles. The lowest BCUT2D eigenvalue weighted by atomic mass is 10.00. The molecule has 1 atom stereocenters.